The van der Waals surface area contributed by atoms with Gasteiger partial charge in [-0.15, -0.1) is 0 Å². The van der Waals surface area contributed by atoms with Crippen molar-refractivity contribution in [1.82, 2.24) is 10.5 Å². The molecule has 0 radical (unpaired) electrons. The Morgan fingerprint density at radius 3 is 2.79 bits per heavy atom. The number of aliphatic imine (C=N–C) groups is 1. The third-order valence-electron chi connectivity index (χ3n) is 5.82. The number of nitrogens with one attached hydrogen (secondary N) is 1. The van der Waals surface area contributed by atoms with Gasteiger partial charge in [0, 0.05) is 5.39 Å². The van der Waals surface area contributed by atoms with E-state index in [4.69, 9.17) is 14.6 Å². The molecule has 0 aliphatic carbocycles. The number of pyridine rings is 1. The van der Waals surface area contributed by atoms with Crippen LogP contribution in [0.5, 0.6) is 11.5 Å². The second-order valence-electron chi connectivity index (χ2n) is 8.35. The van der Waals surface area contributed by atoms with Crippen LogP contribution in [-0.2, 0) is 11.3 Å². The fourth-order valence-corrected chi connectivity index (χ4v) is 4.48. The van der Waals surface area contributed by atoms with E-state index in [0.29, 0.717) is 28.2 Å². The highest BCUT2D eigenvalue weighted by atomic mass is 79.9. The van der Waals surface area contributed by atoms with Gasteiger partial charge in [-0.1, -0.05) is 48.0 Å². The van der Waals surface area contributed by atoms with Gasteiger partial charge in [-0.25, -0.2) is 9.87 Å². The van der Waals surface area contributed by atoms with Crippen molar-refractivity contribution < 1.29 is 14.0 Å². The van der Waals surface area contributed by atoms with Crippen molar-refractivity contribution in [3.05, 3.63) is 99.4 Å². The summed E-state index contributed by atoms with van der Waals surface area (Å²) < 4.78 is 21.0. The molecule has 7 heteroatoms. The molecule has 0 saturated carbocycles. The lowest BCUT2D eigenvalue weighted by molar-refractivity contribution is 0.0624. The fraction of sp³-hybridized carbons (Fsp3) is 0.185. The molecule has 0 amide bonds. The molecular weight excluding hydrogens is 497 g/mol. The molecule has 34 heavy (non-hydrogen) atoms. The van der Waals surface area contributed by atoms with Crippen molar-refractivity contribution in [3.63, 3.8) is 0 Å². The summed E-state index contributed by atoms with van der Waals surface area (Å²) in [4.78, 5) is 15.2. The molecule has 5 rings (SSSR count). The van der Waals surface area contributed by atoms with Crippen LogP contribution >= 0.6 is 15.9 Å². The number of rotatable bonds is 5. The first-order valence-corrected chi connectivity index (χ1v) is 11.8. The number of hydrogen-bond donors (Lipinski definition) is 1. The Morgan fingerprint density at radius 1 is 1.09 bits per heavy atom. The Kier molecular flexibility index (Phi) is 6.30. The summed E-state index contributed by atoms with van der Waals surface area (Å²) in [5, 5.41) is 0.831. The van der Waals surface area contributed by atoms with Gasteiger partial charge in [0.1, 0.15) is 0 Å². The lowest BCUT2D eigenvalue weighted by Gasteiger charge is -2.24. The molecule has 0 spiro atoms. The number of ether oxygens (including phenoxy) is 1. The monoisotopic (exact) mass is 519 g/mol. The lowest BCUT2D eigenvalue weighted by Crippen LogP contribution is -2.37. The van der Waals surface area contributed by atoms with Crippen LogP contribution in [0, 0.1) is 19.7 Å². The third kappa shape index (κ3) is 4.54. The van der Waals surface area contributed by atoms with Crippen LogP contribution < -0.4 is 10.2 Å². The molecule has 1 aromatic heterocycles. The minimum Gasteiger partial charge on any atom is -0.452 e. The van der Waals surface area contributed by atoms with E-state index in [2.05, 4.69) is 58.4 Å². The second kappa shape index (κ2) is 9.52. The fourth-order valence-electron chi connectivity index (χ4n) is 4.13. The molecule has 2 heterocycles. The Balaban J connectivity index is 1.57. The van der Waals surface area contributed by atoms with Crippen LogP contribution in [0.3, 0.4) is 0 Å². The molecule has 0 fully saturated rings. The van der Waals surface area contributed by atoms with Crippen LogP contribution in [0.2, 0.25) is 0 Å². The first kappa shape index (κ1) is 22.5. The highest BCUT2D eigenvalue weighted by Crippen LogP contribution is 2.34. The van der Waals surface area contributed by atoms with Gasteiger partial charge >= 0.3 is 0 Å². The standard InChI is InChI=1S/C27H23BrFN3O2/c1-16-10-11-18(17(2)12-16)13-19-15-33-32-27(31-19)25-20-6-3-4-8-22(20)30-14-24(25)34-23-9-5-7-21(28)26(23)29/h3-12,14,19H,13,15H2,1-2H3,(H,31,32)/t19-/m1/s1. The van der Waals surface area contributed by atoms with Gasteiger partial charge in [-0.3, -0.25) is 14.8 Å². The summed E-state index contributed by atoms with van der Waals surface area (Å²) in [7, 11) is 0. The molecule has 0 unspecified atom stereocenters. The molecule has 0 bridgehead atoms. The van der Waals surface area contributed by atoms with E-state index >= 15 is 0 Å². The van der Waals surface area contributed by atoms with Crippen molar-refractivity contribution >= 4 is 32.7 Å². The van der Waals surface area contributed by atoms with Gasteiger partial charge in [-0.05, 0) is 65.5 Å². The maximum Gasteiger partial charge on any atom is 0.179 e. The SMILES string of the molecule is Cc1ccc(C[C@@H]2CONC(c3c(Oc4cccc(Br)c4F)cnc4ccccc34)=N2)c(C)c1. The minimum absolute atomic E-state index is 0.0833. The van der Waals surface area contributed by atoms with Crippen molar-refractivity contribution in [3.8, 4) is 11.5 Å². The number of para-hydroxylation sites is 1. The number of nitrogens with zero attached hydrogens (tertiary/aromatic N) is 2. The van der Waals surface area contributed by atoms with Crippen LogP contribution in [0.25, 0.3) is 10.9 Å². The summed E-state index contributed by atoms with van der Waals surface area (Å²) in [6.07, 6.45) is 2.34. The van der Waals surface area contributed by atoms with Crippen molar-refractivity contribution in [2.75, 3.05) is 6.61 Å². The van der Waals surface area contributed by atoms with E-state index in [1.54, 1.807) is 24.4 Å². The number of benzene rings is 3. The summed E-state index contributed by atoms with van der Waals surface area (Å²) >= 11 is 3.22. The number of fused-ring (bicyclic) bond motifs is 1. The molecule has 1 aliphatic heterocycles. The predicted octanol–water partition coefficient (Wildman–Crippen LogP) is 6.44. The van der Waals surface area contributed by atoms with Gasteiger partial charge in [0.15, 0.2) is 23.2 Å². The van der Waals surface area contributed by atoms with Crippen LogP contribution in [0.1, 0.15) is 22.3 Å². The Bertz CT molecular complexity index is 1410. The van der Waals surface area contributed by atoms with Crippen molar-refractivity contribution in [1.29, 1.82) is 0 Å². The number of hydrogen-bond acceptors (Lipinski definition) is 5. The van der Waals surface area contributed by atoms with Crippen LogP contribution in [-0.4, -0.2) is 23.5 Å². The summed E-state index contributed by atoms with van der Waals surface area (Å²) in [5.74, 6) is 0.531. The van der Waals surface area contributed by atoms with E-state index in [0.717, 1.165) is 17.3 Å². The van der Waals surface area contributed by atoms with Gasteiger partial charge in [0.25, 0.3) is 0 Å². The van der Waals surface area contributed by atoms with E-state index in [9.17, 15) is 4.39 Å². The average Bonchev–Trinajstić information content (AvgIpc) is 2.84. The molecule has 172 valence electrons. The third-order valence-corrected chi connectivity index (χ3v) is 6.44. The number of aromatic nitrogens is 1. The van der Waals surface area contributed by atoms with Gasteiger partial charge in [0.2, 0.25) is 0 Å². The summed E-state index contributed by atoms with van der Waals surface area (Å²) in [6.45, 7) is 4.64. The molecule has 1 atom stereocenters. The molecule has 4 aromatic rings. The highest BCUT2D eigenvalue weighted by Gasteiger charge is 2.24. The maximum absolute atomic E-state index is 14.7. The average molecular weight is 520 g/mol. The lowest BCUT2D eigenvalue weighted by atomic mass is 9.99. The molecule has 0 saturated heterocycles. The van der Waals surface area contributed by atoms with E-state index in [1.165, 1.54) is 16.7 Å². The number of amidine groups is 1. The number of aryl methyl sites for hydroxylation is 2. The zero-order chi connectivity index (χ0) is 23.7. The molecule has 1 aliphatic rings. The van der Waals surface area contributed by atoms with Crippen molar-refractivity contribution in [2.24, 2.45) is 4.99 Å². The number of hydroxylamine groups is 1. The Labute approximate surface area is 205 Å². The summed E-state index contributed by atoms with van der Waals surface area (Å²) in [5.41, 5.74) is 8.11. The first-order valence-electron chi connectivity index (χ1n) is 11.0. The normalized spacial score (nSPS) is 15.6. The first-order chi connectivity index (χ1) is 16.5. The topological polar surface area (TPSA) is 55.7 Å². The van der Waals surface area contributed by atoms with Gasteiger partial charge in [0.05, 0.1) is 34.4 Å². The Hall–Kier alpha value is -3.29. The van der Waals surface area contributed by atoms with Crippen LogP contribution in [0.15, 0.2) is 76.3 Å². The maximum atomic E-state index is 14.7. The van der Waals surface area contributed by atoms with E-state index < -0.39 is 5.82 Å². The zero-order valence-corrected chi connectivity index (χ0v) is 20.4. The molecule has 1 N–H and O–H groups in total. The molecule has 3 aromatic carbocycles. The van der Waals surface area contributed by atoms with E-state index in [-0.39, 0.29) is 11.8 Å². The smallest absolute Gasteiger partial charge is 0.179 e. The van der Waals surface area contributed by atoms with E-state index in [1.807, 2.05) is 24.3 Å². The highest BCUT2D eigenvalue weighted by molar-refractivity contribution is 9.10. The molecular formula is C27H23BrFN3O2. The second-order valence-corrected chi connectivity index (χ2v) is 9.20. The quantitative estimate of drug-likeness (QED) is 0.329. The van der Waals surface area contributed by atoms with Crippen molar-refractivity contribution in [2.45, 2.75) is 26.3 Å². The number of halogens is 2. The Morgan fingerprint density at radius 2 is 1.94 bits per heavy atom. The predicted molar refractivity (Wildman–Crippen MR) is 135 cm³/mol. The zero-order valence-electron chi connectivity index (χ0n) is 18.8. The summed E-state index contributed by atoms with van der Waals surface area (Å²) in [6, 6.07) is 19.0. The molecule has 5 nitrogen and oxygen atoms in total. The van der Waals surface area contributed by atoms with Gasteiger partial charge < -0.3 is 4.74 Å². The minimum atomic E-state index is -0.482. The largest absolute Gasteiger partial charge is 0.452 e. The van der Waals surface area contributed by atoms with Gasteiger partial charge in [-0.2, -0.15) is 0 Å². The van der Waals surface area contributed by atoms with Crippen LogP contribution in [0.4, 0.5) is 4.39 Å².